The molecular formula is C33H52OS. The van der Waals surface area contributed by atoms with Gasteiger partial charge in [0, 0.05) is 10.1 Å². The molecule has 1 aromatic rings. The first-order valence-corrected chi connectivity index (χ1v) is 16.0. The molecule has 4 aliphatic rings. The standard InChI is InChI=1S/C33H52OS/c1-22(2)10-9-11-23(3)26-16-17-27-25-14-15-29-31(35-24-12-7-6-8-13-24)30(34)19-21-33(29,5)28(25)18-20-32(26,27)4/h6-8,12-13,22-23,25-31,34H,9-11,14-21H2,1-5H3/t23-,25+,26-,27+,28+,29+,30-,31-,32-,33-/m1/s1. The molecule has 35 heavy (non-hydrogen) atoms. The maximum absolute atomic E-state index is 11.2. The summed E-state index contributed by atoms with van der Waals surface area (Å²) in [5.41, 5.74) is 0.991. The van der Waals surface area contributed by atoms with Crippen LogP contribution in [0.5, 0.6) is 0 Å². The van der Waals surface area contributed by atoms with Crippen molar-refractivity contribution in [2.45, 2.75) is 121 Å². The van der Waals surface area contributed by atoms with Crippen LogP contribution >= 0.6 is 11.8 Å². The normalized spacial score (nSPS) is 43.9. The van der Waals surface area contributed by atoms with Gasteiger partial charge in [-0.15, -0.1) is 11.8 Å². The van der Waals surface area contributed by atoms with E-state index in [0.717, 1.165) is 41.9 Å². The van der Waals surface area contributed by atoms with Crippen LogP contribution in [-0.2, 0) is 0 Å². The van der Waals surface area contributed by atoms with Gasteiger partial charge in [0.15, 0.2) is 0 Å². The van der Waals surface area contributed by atoms with Crippen molar-refractivity contribution in [1.82, 2.24) is 0 Å². The summed E-state index contributed by atoms with van der Waals surface area (Å²) in [4.78, 5) is 1.34. The van der Waals surface area contributed by atoms with Gasteiger partial charge in [-0.05, 0) is 116 Å². The molecule has 196 valence electrons. The fourth-order valence-corrected chi connectivity index (χ4v) is 11.7. The van der Waals surface area contributed by atoms with E-state index in [4.69, 9.17) is 0 Å². The van der Waals surface area contributed by atoms with Crippen LogP contribution in [0.3, 0.4) is 0 Å². The second-order valence-electron chi connectivity index (χ2n) is 14.1. The molecule has 0 unspecified atom stereocenters. The second-order valence-corrected chi connectivity index (χ2v) is 15.3. The zero-order chi connectivity index (χ0) is 24.8. The Bertz CT molecular complexity index is 837. The predicted octanol–water partition coefficient (Wildman–Crippen LogP) is 9.24. The number of rotatable bonds is 7. The van der Waals surface area contributed by atoms with E-state index < -0.39 is 0 Å². The molecule has 0 heterocycles. The van der Waals surface area contributed by atoms with E-state index in [1.807, 2.05) is 11.8 Å². The molecule has 5 rings (SSSR count). The number of fused-ring (bicyclic) bond motifs is 5. The van der Waals surface area contributed by atoms with Crippen LogP contribution in [0.1, 0.15) is 105 Å². The largest absolute Gasteiger partial charge is 0.392 e. The fraction of sp³-hybridized carbons (Fsp3) is 0.818. The molecule has 4 fully saturated rings. The third-order valence-corrected chi connectivity index (χ3v) is 13.4. The Hall–Kier alpha value is -0.470. The maximum Gasteiger partial charge on any atom is 0.0665 e. The number of benzene rings is 1. The molecule has 0 aromatic heterocycles. The Balaban J connectivity index is 1.31. The van der Waals surface area contributed by atoms with Gasteiger partial charge in [-0.3, -0.25) is 0 Å². The van der Waals surface area contributed by atoms with Crippen molar-refractivity contribution in [3.63, 3.8) is 0 Å². The predicted molar refractivity (Wildman–Crippen MR) is 151 cm³/mol. The Morgan fingerprint density at radius 2 is 1.51 bits per heavy atom. The third kappa shape index (κ3) is 4.78. The Kier molecular flexibility index (Phi) is 7.74. The highest BCUT2D eigenvalue weighted by molar-refractivity contribution is 8.00. The molecule has 0 saturated heterocycles. The van der Waals surface area contributed by atoms with Crippen molar-refractivity contribution in [2.75, 3.05) is 0 Å². The molecule has 4 saturated carbocycles. The van der Waals surface area contributed by atoms with Gasteiger partial charge in [0.25, 0.3) is 0 Å². The maximum atomic E-state index is 11.2. The Morgan fingerprint density at radius 3 is 2.26 bits per heavy atom. The summed E-state index contributed by atoms with van der Waals surface area (Å²) >= 11 is 1.98. The third-order valence-electron chi connectivity index (χ3n) is 11.9. The van der Waals surface area contributed by atoms with Crippen molar-refractivity contribution >= 4 is 11.8 Å². The summed E-state index contributed by atoms with van der Waals surface area (Å²) in [5, 5.41) is 11.5. The molecular weight excluding hydrogens is 444 g/mol. The SMILES string of the molecule is CC(C)CCC[C@@H](C)[C@H]1CC[C@H]2[C@@H]3CC[C@H]4[C@@H](Sc5ccccc5)[C@H](O)CC[C@]4(C)[C@H]3CC[C@]12C. The van der Waals surface area contributed by atoms with Crippen LogP contribution in [0.2, 0.25) is 0 Å². The van der Waals surface area contributed by atoms with Gasteiger partial charge in [-0.2, -0.15) is 0 Å². The van der Waals surface area contributed by atoms with Gasteiger partial charge in [0.05, 0.1) is 6.10 Å². The summed E-state index contributed by atoms with van der Waals surface area (Å²) in [5.74, 6) is 6.10. The lowest BCUT2D eigenvalue weighted by molar-refractivity contribution is -0.126. The minimum atomic E-state index is -0.147. The van der Waals surface area contributed by atoms with Crippen molar-refractivity contribution < 1.29 is 5.11 Å². The van der Waals surface area contributed by atoms with Crippen LogP contribution in [-0.4, -0.2) is 16.5 Å². The van der Waals surface area contributed by atoms with E-state index in [0.29, 0.717) is 22.0 Å². The minimum absolute atomic E-state index is 0.147. The number of thioether (sulfide) groups is 1. The van der Waals surface area contributed by atoms with Gasteiger partial charge >= 0.3 is 0 Å². The van der Waals surface area contributed by atoms with Crippen molar-refractivity contribution in [3.8, 4) is 0 Å². The monoisotopic (exact) mass is 496 g/mol. The van der Waals surface area contributed by atoms with Gasteiger partial charge in [0.1, 0.15) is 0 Å². The highest BCUT2D eigenvalue weighted by Crippen LogP contribution is 2.69. The summed E-state index contributed by atoms with van der Waals surface area (Å²) in [6.07, 6.45) is 15.0. The van der Waals surface area contributed by atoms with E-state index in [1.165, 1.54) is 69.1 Å². The Labute approximate surface area is 220 Å². The van der Waals surface area contributed by atoms with Crippen LogP contribution in [0.4, 0.5) is 0 Å². The smallest absolute Gasteiger partial charge is 0.0665 e. The van der Waals surface area contributed by atoms with E-state index in [1.54, 1.807) is 0 Å². The van der Waals surface area contributed by atoms with Crippen LogP contribution < -0.4 is 0 Å². The highest BCUT2D eigenvalue weighted by Gasteiger charge is 2.62. The quantitative estimate of drug-likeness (QED) is 0.406. The first kappa shape index (κ1) is 26.1. The molecule has 1 N–H and O–H groups in total. The van der Waals surface area contributed by atoms with Gasteiger partial charge in [-0.25, -0.2) is 0 Å². The topological polar surface area (TPSA) is 20.2 Å². The molecule has 0 amide bonds. The minimum Gasteiger partial charge on any atom is -0.392 e. The Morgan fingerprint density at radius 1 is 0.829 bits per heavy atom. The molecule has 4 aliphatic carbocycles. The van der Waals surface area contributed by atoms with Crippen molar-refractivity contribution in [1.29, 1.82) is 0 Å². The molecule has 0 aliphatic heterocycles. The van der Waals surface area contributed by atoms with E-state index >= 15 is 0 Å². The van der Waals surface area contributed by atoms with E-state index in [-0.39, 0.29) is 6.10 Å². The highest BCUT2D eigenvalue weighted by atomic mass is 32.2. The van der Waals surface area contributed by atoms with Crippen LogP contribution in [0, 0.1) is 52.3 Å². The first-order valence-electron chi connectivity index (χ1n) is 15.1. The first-order chi connectivity index (χ1) is 16.7. The lowest BCUT2D eigenvalue weighted by Crippen LogP contribution is -2.57. The fourth-order valence-electron chi connectivity index (χ4n) is 10.1. The van der Waals surface area contributed by atoms with Gasteiger partial charge in [-0.1, -0.05) is 72.1 Å². The summed E-state index contributed by atoms with van der Waals surface area (Å²) < 4.78 is 0. The molecule has 10 atom stereocenters. The number of hydrogen-bond acceptors (Lipinski definition) is 2. The average molecular weight is 497 g/mol. The summed E-state index contributed by atoms with van der Waals surface area (Å²) in [6, 6.07) is 10.9. The lowest BCUT2D eigenvalue weighted by Gasteiger charge is -2.62. The van der Waals surface area contributed by atoms with E-state index in [9.17, 15) is 5.11 Å². The van der Waals surface area contributed by atoms with E-state index in [2.05, 4.69) is 65.0 Å². The van der Waals surface area contributed by atoms with Crippen LogP contribution in [0.15, 0.2) is 35.2 Å². The van der Waals surface area contributed by atoms with Gasteiger partial charge < -0.3 is 5.11 Å². The zero-order valence-electron chi connectivity index (χ0n) is 23.2. The lowest BCUT2D eigenvalue weighted by atomic mass is 9.44. The van der Waals surface area contributed by atoms with Crippen LogP contribution in [0.25, 0.3) is 0 Å². The molecule has 2 heteroatoms. The molecule has 1 nitrogen and oxygen atoms in total. The molecule has 0 bridgehead atoms. The zero-order valence-corrected chi connectivity index (χ0v) is 24.0. The summed E-state index contributed by atoms with van der Waals surface area (Å²) in [7, 11) is 0. The average Bonchev–Trinajstić information content (AvgIpc) is 3.19. The number of aliphatic hydroxyl groups is 1. The van der Waals surface area contributed by atoms with Gasteiger partial charge in [0.2, 0.25) is 0 Å². The number of aliphatic hydroxyl groups excluding tert-OH is 1. The molecule has 0 spiro atoms. The molecule has 0 radical (unpaired) electrons. The van der Waals surface area contributed by atoms with Crippen molar-refractivity contribution in [3.05, 3.63) is 30.3 Å². The second kappa shape index (κ2) is 10.4. The summed E-state index contributed by atoms with van der Waals surface area (Å²) in [6.45, 7) is 12.7. The molecule has 1 aromatic carbocycles. The number of hydrogen-bond donors (Lipinski definition) is 1. The van der Waals surface area contributed by atoms with Crippen molar-refractivity contribution in [2.24, 2.45) is 52.3 Å².